The lowest BCUT2D eigenvalue weighted by Gasteiger charge is -2.10. The summed E-state index contributed by atoms with van der Waals surface area (Å²) >= 11 is 0. The minimum atomic E-state index is -0.411. The van der Waals surface area contributed by atoms with Crippen LogP contribution in [0.15, 0.2) is 29.8 Å². The van der Waals surface area contributed by atoms with Crippen LogP contribution in [-0.2, 0) is 16.0 Å². The maximum absolute atomic E-state index is 11.1. The molecule has 1 rings (SSSR count). The van der Waals surface area contributed by atoms with E-state index < -0.39 is 11.9 Å². The van der Waals surface area contributed by atoms with Crippen LogP contribution < -0.4 is 9.47 Å². The molecule has 4 nitrogen and oxygen atoms in total. The molecule has 102 valence electrons. The quantitative estimate of drug-likeness (QED) is 0.475. The average molecular weight is 262 g/mol. The third-order valence-electron chi connectivity index (χ3n) is 2.28. The zero-order valence-corrected chi connectivity index (χ0v) is 11.6. The van der Waals surface area contributed by atoms with Gasteiger partial charge in [0, 0.05) is 19.9 Å². The van der Waals surface area contributed by atoms with Gasteiger partial charge in [0.25, 0.3) is 0 Å². The largest absolute Gasteiger partial charge is 0.427 e. The van der Waals surface area contributed by atoms with E-state index in [-0.39, 0.29) is 0 Å². The number of carbonyl (C=O) groups excluding carboxylic acids is 2. The molecule has 0 unspecified atom stereocenters. The first-order valence-electron chi connectivity index (χ1n) is 6.01. The van der Waals surface area contributed by atoms with Crippen LogP contribution in [0.4, 0.5) is 0 Å². The van der Waals surface area contributed by atoms with Crippen molar-refractivity contribution in [2.24, 2.45) is 0 Å². The van der Waals surface area contributed by atoms with E-state index in [1.54, 1.807) is 18.2 Å². The molecule has 0 N–H and O–H groups in total. The second-order valence-electron chi connectivity index (χ2n) is 4.44. The van der Waals surface area contributed by atoms with Gasteiger partial charge in [-0.1, -0.05) is 17.7 Å². The summed E-state index contributed by atoms with van der Waals surface area (Å²) in [6.45, 7) is 6.66. The molecule has 0 fully saturated rings. The molecule has 0 radical (unpaired) electrons. The van der Waals surface area contributed by atoms with Gasteiger partial charge in [-0.2, -0.15) is 0 Å². The number of allylic oxidation sites excluding steroid dienone is 2. The minimum absolute atomic E-state index is 0.365. The van der Waals surface area contributed by atoms with Crippen molar-refractivity contribution >= 4 is 11.9 Å². The SMILES string of the molecule is CC(=O)Oc1ccc(CC=C(C)C)c(OC(C)=O)c1. The number of hydrogen-bond donors (Lipinski definition) is 0. The Bertz CT molecular complexity index is 511. The highest BCUT2D eigenvalue weighted by Gasteiger charge is 2.09. The molecule has 19 heavy (non-hydrogen) atoms. The average Bonchev–Trinajstić information content (AvgIpc) is 2.26. The van der Waals surface area contributed by atoms with E-state index in [0.717, 1.165) is 5.56 Å². The summed E-state index contributed by atoms with van der Waals surface area (Å²) in [5.41, 5.74) is 2.05. The molecule has 0 aliphatic heterocycles. The number of carbonyl (C=O) groups is 2. The molecular weight excluding hydrogens is 244 g/mol. The number of esters is 2. The molecular formula is C15H18O4. The first-order chi connectivity index (χ1) is 8.88. The Kier molecular flexibility index (Phi) is 5.30. The molecule has 1 aromatic carbocycles. The van der Waals surface area contributed by atoms with Gasteiger partial charge in [0.2, 0.25) is 0 Å². The van der Waals surface area contributed by atoms with E-state index in [0.29, 0.717) is 17.9 Å². The van der Waals surface area contributed by atoms with Gasteiger partial charge in [-0.25, -0.2) is 0 Å². The van der Waals surface area contributed by atoms with E-state index >= 15 is 0 Å². The summed E-state index contributed by atoms with van der Waals surface area (Å²) in [7, 11) is 0. The number of rotatable bonds is 4. The number of ether oxygens (including phenoxy) is 2. The first kappa shape index (κ1) is 15.0. The highest BCUT2D eigenvalue weighted by atomic mass is 16.5. The van der Waals surface area contributed by atoms with Crippen molar-refractivity contribution < 1.29 is 19.1 Å². The summed E-state index contributed by atoms with van der Waals surface area (Å²) in [6.07, 6.45) is 2.69. The van der Waals surface area contributed by atoms with Gasteiger partial charge in [0.1, 0.15) is 11.5 Å². The van der Waals surface area contributed by atoms with Crippen LogP contribution in [0.1, 0.15) is 33.3 Å². The van der Waals surface area contributed by atoms with Crippen LogP contribution in [-0.4, -0.2) is 11.9 Å². The van der Waals surface area contributed by atoms with Crippen LogP contribution in [0.3, 0.4) is 0 Å². The Morgan fingerprint density at radius 3 is 2.21 bits per heavy atom. The van der Waals surface area contributed by atoms with Crippen LogP contribution in [0.5, 0.6) is 11.5 Å². The van der Waals surface area contributed by atoms with E-state index in [9.17, 15) is 9.59 Å². The summed E-state index contributed by atoms with van der Waals surface area (Å²) < 4.78 is 10.1. The summed E-state index contributed by atoms with van der Waals surface area (Å²) in [5.74, 6) is -0.0299. The fourth-order valence-corrected chi connectivity index (χ4v) is 1.50. The molecule has 1 aromatic rings. The molecule has 0 aliphatic rings. The standard InChI is InChI=1S/C15H18O4/c1-10(2)5-6-13-7-8-14(18-11(3)16)9-15(13)19-12(4)17/h5,7-9H,6H2,1-4H3. The van der Waals surface area contributed by atoms with Crippen molar-refractivity contribution in [1.82, 2.24) is 0 Å². The second kappa shape index (κ2) is 6.73. The van der Waals surface area contributed by atoms with Gasteiger partial charge >= 0.3 is 11.9 Å². The van der Waals surface area contributed by atoms with Crippen molar-refractivity contribution in [3.05, 3.63) is 35.4 Å². The number of hydrogen-bond acceptors (Lipinski definition) is 4. The van der Waals surface area contributed by atoms with Crippen LogP contribution in [0.2, 0.25) is 0 Å². The third-order valence-corrected chi connectivity index (χ3v) is 2.28. The van der Waals surface area contributed by atoms with Gasteiger partial charge < -0.3 is 9.47 Å². The van der Waals surface area contributed by atoms with E-state index in [2.05, 4.69) is 0 Å². The Morgan fingerprint density at radius 1 is 1.05 bits per heavy atom. The van der Waals surface area contributed by atoms with E-state index in [1.807, 2.05) is 19.9 Å². The van der Waals surface area contributed by atoms with Crippen molar-refractivity contribution in [2.75, 3.05) is 0 Å². The van der Waals surface area contributed by atoms with Crippen LogP contribution in [0.25, 0.3) is 0 Å². The maximum atomic E-state index is 11.1. The lowest BCUT2D eigenvalue weighted by Crippen LogP contribution is -2.06. The fourth-order valence-electron chi connectivity index (χ4n) is 1.50. The Labute approximate surface area is 113 Å². The monoisotopic (exact) mass is 262 g/mol. The molecule has 0 bridgehead atoms. The van der Waals surface area contributed by atoms with E-state index in [4.69, 9.17) is 9.47 Å². The molecule has 0 saturated carbocycles. The first-order valence-corrected chi connectivity index (χ1v) is 6.01. The zero-order chi connectivity index (χ0) is 14.4. The van der Waals surface area contributed by atoms with Crippen molar-refractivity contribution in [1.29, 1.82) is 0 Å². The summed E-state index contributed by atoms with van der Waals surface area (Å²) in [4.78, 5) is 22.0. The minimum Gasteiger partial charge on any atom is -0.427 e. The molecule has 0 saturated heterocycles. The molecule has 0 aromatic heterocycles. The predicted octanol–water partition coefficient (Wildman–Crippen LogP) is 3.05. The maximum Gasteiger partial charge on any atom is 0.308 e. The fraction of sp³-hybridized carbons (Fsp3) is 0.333. The lowest BCUT2D eigenvalue weighted by atomic mass is 10.1. The summed E-state index contributed by atoms with van der Waals surface area (Å²) in [6, 6.07) is 5.02. The van der Waals surface area contributed by atoms with Crippen LogP contribution >= 0.6 is 0 Å². The van der Waals surface area contributed by atoms with E-state index in [1.165, 1.54) is 19.4 Å². The zero-order valence-electron chi connectivity index (χ0n) is 11.6. The Morgan fingerprint density at radius 2 is 1.68 bits per heavy atom. The molecule has 0 spiro atoms. The summed E-state index contributed by atoms with van der Waals surface area (Å²) in [5, 5.41) is 0. The topological polar surface area (TPSA) is 52.6 Å². The van der Waals surface area contributed by atoms with Crippen molar-refractivity contribution in [2.45, 2.75) is 34.1 Å². The smallest absolute Gasteiger partial charge is 0.308 e. The predicted molar refractivity (Wildman–Crippen MR) is 72.2 cm³/mol. The molecule has 0 heterocycles. The van der Waals surface area contributed by atoms with Gasteiger partial charge in [0.15, 0.2) is 0 Å². The Hall–Kier alpha value is -2.10. The van der Waals surface area contributed by atoms with Gasteiger partial charge in [0.05, 0.1) is 0 Å². The van der Waals surface area contributed by atoms with Crippen molar-refractivity contribution in [3.63, 3.8) is 0 Å². The molecule has 0 aliphatic carbocycles. The van der Waals surface area contributed by atoms with Crippen LogP contribution in [0, 0.1) is 0 Å². The number of benzene rings is 1. The third kappa shape index (κ3) is 5.38. The molecule has 4 heteroatoms. The Balaban J connectivity index is 3.04. The highest BCUT2D eigenvalue weighted by molar-refractivity contribution is 5.71. The normalized spacial score (nSPS) is 9.68. The van der Waals surface area contributed by atoms with Gasteiger partial charge in [-0.15, -0.1) is 0 Å². The molecule has 0 atom stereocenters. The second-order valence-corrected chi connectivity index (χ2v) is 4.44. The molecule has 0 amide bonds. The highest BCUT2D eigenvalue weighted by Crippen LogP contribution is 2.26. The van der Waals surface area contributed by atoms with Gasteiger partial charge in [-0.3, -0.25) is 9.59 Å². The lowest BCUT2D eigenvalue weighted by molar-refractivity contribution is -0.132. The van der Waals surface area contributed by atoms with Gasteiger partial charge in [-0.05, 0) is 31.9 Å². The van der Waals surface area contributed by atoms with Crippen molar-refractivity contribution in [3.8, 4) is 11.5 Å².